The van der Waals surface area contributed by atoms with Gasteiger partial charge in [0, 0.05) is 24.3 Å². The van der Waals surface area contributed by atoms with Crippen LogP contribution in [0.2, 0.25) is 0 Å². The number of sulfonamides is 1. The van der Waals surface area contributed by atoms with E-state index >= 15 is 0 Å². The number of nitrogens with one attached hydrogen (secondary N) is 1. The average molecular weight is 392 g/mol. The molecule has 0 aliphatic rings. The summed E-state index contributed by atoms with van der Waals surface area (Å²) >= 11 is 0. The Hall–Kier alpha value is -2.26. The number of rotatable bonds is 8. The van der Waals surface area contributed by atoms with E-state index in [0.717, 1.165) is 9.87 Å². The SMILES string of the molecule is Cc1ccc(NC(=O)c2ccc(C)c(S(=O)(=O)N(CCO)CCO)c2)cc1. The van der Waals surface area contributed by atoms with Crippen molar-refractivity contribution in [1.82, 2.24) is 4.31 Å². The van der Waals surface area contributed by atoms with Gasteiger partial charge in [-0.1, -0.05) is 23.8 Å². The molecule has 27 heavy (non-hydrogen) atoms. The van der Waals surface area contributed by atoms with Crippen LogP contribution in [0.4, 0.5) is 5.69 Å². The number of aryl methyl sites for hydroxylation is 2. The Morgan fingerprint density at radius 3 is 2.15 bits per heavy atom. The molecule has 146 valence electrons. The van der Waals surface area contributed by atoms with Crippen LogP contribution in [0, 0.1) is 13.8 Å². The zero-order chi connectivity index (χ0) is 20.0. The van der Waals surface area contributed by atoms with Crippen molar-refractivity contribution in [3.63, 3.8) is 0 Å². The van der Waals surface area contributed by atoms with Crippen LogP contribution in [0.15, 0.2) is 47.4 Å². The van der Waals surface area contributed by atoms with E-state index in [1.165, 1.54) is 6.07 Å². The summed E-state index contributed by atoms with van der Waals surface area (Å²) in [6, 6.07) is 11.7. The van der Waals surface area contributed by atoms with Gasteiger partial charge in [-0.3, -0.25) is 4.79 Å². The van der Waals surface area contributed by atoms with E-state index in [9.17, 15) is 13.2 Å². The molecule has 0 atom stereocenters. The molecule has 0 aliphatic heterocycles. The molecule has 0 fully saturated rings. The zero-order valence-corrected chi connectivity index (χ0v) is 16.2. The third-order valence-electron chi connectivity index (χ3n) is 4.08. The van der Waals surface area contributed by atoms with Crippen LogP contribution < -0.4 is 5.32 Å². The largest absolute Gasteiger partial charge is 0.395 e. The highest BCUT2D eigenvalue weighted by Crippen LogP contribution is 2.22. The van der Waals surface area contributed by atoms with E-state index < -0.39 is 15.9 Å². The highest BCUT2D eigenvalue weighted by Gasteiger charge is 2.26. The minimum Gasteiger partial charge on any atom is -0.395 e. The summed E-state index contributed by atoms with van der Waals surface area (Å²) in [4.78, 5) is 12.5. The Bertz CT molecular complexity index is 889. The van der Waals surface area contributed by atoms with Gasteiger partial charge in [0.1, 0.15) is 0 Å². The number of anilines is 1. The van der Waals surface area contributed by atoms with Gasteiger partial charge in [0.2, 0.25) is 10.0 Å². The van der Waals surface area contributed by atoms with Crippen molar-refractivity contribution in [2.45, 2.75) is 18.7 Å². The Kier molecular flexibility index (Phi) is 7.09. The highest BCUT2D eigenvalue weighted by molar-refractivity contribution is 7.89. The normalized spacial score (nSPS) is 11.6. The molecule has 0 spiro atoms. The molecule has 0 saturated carbocycles. The predicted molar refractivity (Wildman–Crippen MR) is 103 cm³/mol. The number of carbonyl (C=O) groups is 1. The quantitative estimate of drug-likeness (QED) is 0.632. The molecule has 3 N–H and O–H groups in total. The van der Waals surface area contributed by atoms with E-state index in [4.69, 9.17) is 10.2 Å². The van der Waals surface area contributed by atoms with Crippen molar-refractivity contribution < 1.29 is 23.4 Å². The fourth-order valence-corrected chi connectivity index (χ4v) is 4.25. The fourth-order valence-electron chi connectivity index (χ4n) is 2.57. The molecule has 0 heterocycles. The van der Waals surface area contributed by atoms with Crippen LogP contribution in [0.25, 0.3) is 0 Å². The van der Waals surface area contributed by atoms with Crippen molar-refractivity contribution >= 4 is 21.6 Å². The van der Waals surface area contributed by atoms with E-state index in [1.807, 2.05) is 19.1 Å². The Labute approximate surface area is 159 Å². The minimum absolute atomic E-state index is 0.0269. The second-order valence-electron chi connectivity index (χ2n) is 6.15. The lowest BCUT2D eigenvalue weighted by molar-refractivity contribution is 0.102. The van der Waals surface area contributed by atoms with Crippen molar-refractivity contribution in [3.05, 3.63) is 59.2 Å². The molecule has 2 aromatic rings. The first-order valence-corrected chi connectivity index (χ1v) is 9.94. The summed E-state index contributed by atoms with van der Waals surface area (Å²) in [6.07, 6.45) is 0. The van der Waals surface area contributed by atoms with Gasteiger partial charge in [0.15, 0.2) is 0 Å². The number of nitrogens with zero attached hydrogens (tertiary/aromatic N) is 1. The first-order chi connectivity index (χ1) is 12.8. The average Bonchev–Trinajstić information content (AvgIpc) is 2.63. The monoisotopic (exact) mass is 392 g/mol. The van der Waals surface area contributed by atoms with Gasteiger partial charge in [0.05, 0.1) is 18.1 Å². The minimum atomic E-state index is -3.96. The van der Waals surface area contributed by atoms with Crippen LogP contribution in [0.1, 0.15) is 21.5 Å². The number of aliphatic hydroxyl groups excluding tert-OH is 2. The number of hydrogen-bond acceptors (Lipinski definition) is 5. The predicted octanol–water partition coefficient (Wildman–Crippen LogP) is 1.53. The smallest absolute Gasteiger partial charge is 0.255 e. The molecule has 7 nitrogen and oxygen atoms in total. The van der Waals surface area contributed by atoms with E-state index in [1.54, 1.807) is 31.2 Å². The number of hydrogen-bond donors (Lipinski definition) is 3. The summed E-state index contributed by atoms with van der Waals surface area (Å²) in [5, 5.41) is 21.0. The standard InChI is InChI=1S/C19H24N2O5S/c1-14-3-7-17(8-4-14)20-19(24)16-6-5-15(2)18(13-16)27(25,26)21(9-11-22)10-12-23/h3-8,13,22-23H,9-12H2,1-2H3,(H,20,24). The van der Waals surface area contributed by atoms with Gasteiger partial charge in [-0.2, -0.15) is 4.31 Å². The Morgan fingerprint density at radius 1 is 1.00 bits per heavy atom. The molecule has 2 aromatic carbocycles. The molecule has 0 radical (unpaired) electrons. The lowest BCUT2D eigenvalue weighted by Crippen LogP contribution is -2.36. The molecule has 0 aliphatic carbocycles. The fraction of sp³-hybridized carbons (Fsp3) is 0.316. The van der Waals surface area contributed by atoms with Crippen molar-refractivity contribution in [2.75, 3.05) is 31.6 Å². The molecule has 0 saturated heterocycles. The zero-order valence-electron chi connectivity index (χ0n) is 15.3. The molecule has 0 aromatic heterocycles. The highest BCUT2D eigenvalue weighted by atomic mass is 32.2. The third-order valence-corrected chi connectivity index (χ3v) is 6.12. The van der Waals surface area contributed by atoms with Gasteiger partial charge >= 0.3 is 0 Å². The summed E-state index contributed by atoms with van der Waals surface area (Å²) in [7, 11) is -3.96. The van der Waals surface area contributed by atoms with Gasteiger partial charge in [0.25, 0.3) is 5.91 Å². The maximum absolute atomic E-state index is 12.9. The van der Waals surface area contributed by atoms with E-state index in [0.29, 0.717) is 11.3 Å². The van der Waals surface area contributed by atoms with Gasteiger partial charge in [-0.25, -0.2) is 8.42 Å². The lowest BCUT2D eigenvalue weighted by atomic mass is 10.1. The number of benzene rings is 2. The molecule has 8 heteroatoms. The van der Waals surface area contributed by atoms with Crippen LogP contribution in [-0.4, -0.2) is 55.1 Å². The number of amides is 1. The van der Waals surface area contributed by atoms with Crippen LogP contribution in [0.5, 0.6) is 0 Å². The first kappa shape index (κ1) is 21.0. The number of carbonyl (C=O) groups excluding carboxylic acids is 1. The Morgan fingerprint density at radius 2 is 1.59 bits per heavy atom. The van der Waals surface area contributed by atoms with Gasteiger partial charge in [-0.05, 0) is 43.7 Å². The van der Waals surface area contributed by atoms with E-state index in [-0.39, 0.29) is 36.8 Å². The second-order valence-corrected chi connectivity index (χ2v) is 8.06. The van der Waals surface area contributed by atoms with Crippen LogP contribution in [0.3, 0.4) is 0 Å². The summed E-state index contributed by atoms with van der Waals surface area (Å²) < 4.78 is 26.7. The van der Waals surface area contributed by atoms with Gasteiger partial charge in [-0.15, -0.1) is 0 Å². The number of aliphatic hydroxyl groups is 2. The first-order valence-electron chi connectivity index (χ1n) is 8.50. The van der Waals surface area contributed by atoms with Crippen molar-refractivity contribution in [1.29, 1.82) is 0 Å². The molecular formula is C19H24N2O5S. The maximum atomic E-state index is 12.9. The van der Waals surface area contributed by atoms with Crippen LogP contribution in [-0.2, 0) is 10.0 Å². The maximum Gasteiger partial charge on any atom is 0.255 e. The second kappa shape index (κ2) is 9.09. The molecule has 1 amide bonds. The van der Waals surface area contributed by atoms with Gasteiger partial charge < -0.3 is 15.5 Å². The topological polar surface area (TPSA) is 107 Å². The summed E-state index contributed by atoms with van der Waals surface area (Å²) in [5.41, 5.74) is 2.35. The Balaban J connectivity index is 2.34. The molecular weight excluding hydrogens is 368 g/mol. The van der Waals surface area contributed by atoms with Crippen molar-refractivity contribution in [3.8, 4) is 0 Å². The molecule has 2 rings (SSSR count). The van der Waals surface area contributed by atoms with Crippen molar-refractivity contribution in [2.24, 2.45) is 0 Å². The molecule has 0 bridgehead atoms. The van der Waals surface area contributed by atoms with Crippen LogP contribution >= 0.6 is 0 Å². The third kappa shape index (κ3) is 5.14. The summed E-state index contributed by atoms with van der Waals surface area (Å²) in [5.74, 6) is -0.425. The summed E-state index contributed by atoms with van der Waals surface area (Å²) in [6.45, 7) is 2.56. The lowest BCUT2D eigenvalue weighted by Gasteiger charge is -2.21. The molecule has 0 unspecified atom stereocenters. The van der Waals surface area contributed by atoms with E-state index in [2.05, 4.69) is 5.32 Å².